The number of hydrogen-bond acceptors (Lipinski definition) is 6. The summed E-state index contributed by atoms with van der Waals surface area (Å²) in [5.74, 6) is -0.414. The normalized spacial score (nSPS) is 12.0. The number of rotatable bonds is 11. The number of halogens is 2. The molecule has 0 aliphatic heterocycles. The van der Waals surface area contributed by atoms with Crippen molar-refractivity contribution in [1.82, 2.24) is 0 Å². The molecule has 0 amide bonds. The number of ketones is 1. The van der Waals surface area contributed by atoms with Gasteiger partial charge in [-0.1, -0.05) is 83.9 Å². The minimum atomic E-state index is -4.52. The summed E-state index contributed by atoms with van der Waals surface area (Å²) in [5.41, 5.74) is 0.490. The predicted molar refractivity (Wildman–Crippen MR) is 156 cm³/mol. The second-order valence-electron chi connectivity index (χ2n) is 8.42. The van der Waals surface area contributed by atoms with Crippen LogP contribution in [0.3, 0.4) is 0 Å². The minimum Gasteiger partial charge on any atom is -0.308 e. The fraction of sp³-hybridized carbons (Fsp3) is 0.179. The lowest BCUT2D eigenvalue weighted by Crippen LogP contribution is -2.34. The van der Waals surface area contributed by atoms with Crippen molar-refractivity contribution in [3.05, 3.63) is 106 Å². The van der Waals surface area contributed by atoms with E-state index in [2.05, 4.69) is 0 Å². The second-order valence-corrected chi connectivity index (χ2v) is 13.2. The van der Waals surface area contributed by atoms with Gasteiger partial charge >= 0.3 is 7.60 Å². The molecule has 0 aliphatic rings. The minimum absolute atomic E-state index is 0.0134. The van der Waals surface area contributed by atoms with Crippen LogP contribution < -0.4 is 4.31 Å². The maximum Gasteiger partial charge on any atom is 0.350 e. The first-order valence-corrected chi connectivity index (χ1v) is 16.0. The van der Waals surface area contributed by atoms with Crippen LogP contribution in [0, 0.1) is 0 Å². The Morgan fingerprint density at radius 3 is 2.05 bits per heavy atom. The number of fused-ring (bicyclic) bond motifs is 1. The summed E-state index contributed by atoms with van der Waals surface area (Å²) < 4.78 is 54.4. The van der Waals surface area contributed by atoms with E-state index in [1.54, 1.807) is 80.6 Å². The number of carbonyl (C=O) groups is 1. The van der Waals surface area contributed by atoms with Crippen LogP contribution in [0.15, 0.2) is 89.8 Å². The van der Waals surface area contributed by atoms with Gasteiger partial charge in [0.25, 0.3) is 10.0 Å². The molecule has 0 bridgehead atoms. The maximum absolute atomic E-state index is 14.3. The highest BCUT2D eigenvalue weighted by Crippen LogP contribution is 2.51. The molecule has 7 nitrogen and oxygen atoms in total. The summed E-state index contributed by atoms with van der Waals surface area (Å²) in [5, 5.41) is 1.31. The van der Waals surface area contributed by atoms with Gasteiger partial charge in [-0.15, -0.1) is 0 Å². The fourth-order valence-electron chi connectivity index (χ4n) is 4.19. The zero-order chi connectivity index (χ0) is 28.2. The van der Waals surface area contributed by atoms with Crippen molar-refractivity contribution in [2.45, 2.75) is 18.7 Å². The van der Waals surface area contributed by atoms with Crippen molar-refractivity contribution >= 4 is 63.1 Å². The van der Waals surface area contributed by atoms with E-state index in [9.17, 15) is 17.8 Å². The Bertz CT molecular complexity index is 1630. The largest absolute Gasteiger partial charge is 0.350 e. The van der Waals surface area contributed by atoms with Crippen LogP contribution in [0.5, 0.6) is 0 Å². The number of anilines is 1. The summed E-state index contributed by atoms with van der Waals surface area (Å²) in [4.78, 5) is 13.6. The van der Waals surface area contributed by atoms with Crippen molar-refractivity contribution in [1.29, 1.82) is 0 Å². The van der Waals surface area contributed by atoms with Gasteiger partial charge in [-0.05, 0) is 43.5 Å². The van der Waals surface area contributed by atoms with Crippen LogP contribution in [-0.4, -0.2) is 33.7 Å². The Morgan fingerprint density at radius 2 is 1.44 bits per heavy atom. The number of carbonyl (C=O) groups excluding carboxylic acids is 1. The van der Waals surface area contributed by atoms with Crippen LogP contribution in [0.4, 0.5) is 5.69 Å². The zero-order valence-corrected chi connectivity index (χ0v) is 24.4. The smallest absolute Gasteiger partial charge is 0.308 e. The van der Waals surface area contributed by atoms with Gasteiger partial charge in [-0.3, -0.25) is 13.7 Å². The van der Waals surface area contributed by atoms with E-state index in [0.717, 1.165) is 4.31 Å². The highest BCUT2D eigenvalue weighted by Gasteiger charge is 2.38. The Labute approximate surface area is 237 Å². The molecule has 4 aromatic rings. The van der Waals surface area contributed by atoms with Gasteiger partial charge in [0, 0.05) is 26.6 Å². The monoisotopic (exact) mass is 605 g/mol. The van der Waals surface area contributed by atoms with Gasteiger partial charge in [0.05, 0.1) is 23.8 Å². The second kappa shape index (κ2) is 12.2. The van der Waals surface area contributed by atoms with Crippen LogP contribution in [0.25, 0.3) is 10.8 Å². The number of sulfonamides is 1. The summed E-state index contributed by atoms with van der Waals surface area (Å²) in [7, 11) is -8.53. The van der Waals surface area contributed by atoms with E-state index >= 15 is 0 Å². The van der Waals surface area contributed by atoms with E-state index in [1.807, 2.05) is 0 Å². The van der Waals surface area contributed by atoms with Gasteiger partial charge < -0.3 is 9.05 Å². The molecule has 4 aromatic carbocycles. The predicted octanol–water partition coefficient (Wildman–Crippen LogP) is 7.80. The molecule has 0 aromatic heterocycles. The molecule has 0 unspecified atom stereocenters. The molecule has 0 N–H and O–H groups in total. The molecule has 0 fully saturated rings. The van der Waals surface area contributed by atoms with E-state index < -0.39 is 29.7 Å². The Kier molecular flexibility index (Phi) is 9.17. The van der Waals surface area contributed by atoms with E-state index in [4.69, 9.17) is 32.2 Å². The fourth-order valence-corrected chi connectivity index (χ4v) is 8.61. The van der Waals surface area contributed by atoms with Crippen molar-refractivity contribution in [2.75, 3.05) is 23.8 Å². The lowest BCUT2D eigenvalue weighted by atomic mass is 9.97. The molecule has 204 valence electrons. The maximum atomic E-state index is 14.3. The van der Waals surface area contributed by atoms with Gasteiger partial charge in [0.15, 0.2) is 5.78 Å². The Hall–Kier alpha value is -2.71. The van der Waals surface area contributed by atoms with E-state index in [-0.39, 0.29) is 39.4 Å². The molecule has 0 radical (unpaired) electrons. The van der Waals surface area contributed by atoms with Crippen molar-refractivity contribution < 1.29 is 26.8 Å². The van der Waals surface area contributed by atoms with Crippen LogP contribution >= 0.6 is 30.8 Å². The first-order valence-electron chi connectivity index (χ1n) is 12.1. The third kappa shape index (κ3) is 6.38. The number of benzene rings is 4. The SMILES string of the molecule is CCOP(=O)(CN(c1c(C(=O)c2ccccc2)ccc2ccccc12)S(=O)(=O)c1cc(Cl)cc(Cl)c1)OCC. The van der Waals surface area contributed by atoms with Gasteiger partial charge in [-0.2, -0.15) is 0 Å². The molecule has 0 aliphatic carbocycles. The third-order valence-electron chi connectivity index (χ3n) is 5.81. The van der Waals surface area contributed by atoms with Crippen molar-refractivity contribution in [3.8, 4) is 0 Å². The quantitative estimate of drug-likeness (QED) is 0.128. The molecule has 0 heterocycles. The average molecular weight is 606 g/mol. The molecular weight excluding hydrogens is 580 g/mol. The van der Waals surface area contributed by atoms with Crippen LogP contribution in [0.2, 0.25) is 10.0 Å². The molecule has 11 heteroatoms. The molecule has 0 spiro atoms. The third-order valence-corrected chi connectivity index (χ3v) is 10.1. The zero-order valence-electron chi connectivity index (χ0n) is 21.2. The molecule has 0 saturated heterocycles. The number of hydrogen-bond donors (Lipinski definition) is 0. The highest BCUT2D eigenvalue weighted by atomic mass is 35.5. The highest BCUT2D eigenvalue weighted by molar-refractivity contribution is 7.93. The lowest BCUT2D eigenvalue weighted by Gasteiger charge is -2.30. The topological polar surface area (TPSA) is 90.0 Å². The standard InChI is InChI=1S/C28H26Cl2NO6PS/c1-3-36-38(33,37-4-2)19-31(39(34,35)24-17-22(29)16-23(30)18-24)27-25-13-9-8-10-20(25)14-15-26(27)28(32)21-11-6-5-7-12-21/h5-18H,3-4,19H2,1-2H3. The molecule has 39 heavy (non-hydrogen) atoms. The number of nitrogens with zero attached hydrogens (tertiary/aromatic N) is 1. The summed E-state index contributed by atoms with van der Waals surface area (Å²) in [6, 6.07) is 22.7. The van der Waals surface area contributed by atoms with Crippen molar-refractivity contribution in [2.24, 2.45) is 0 Å². The molecule has 0 saturated carbocycles. The van der Waals surface area contributed by atoms with Gasteiger partial charge in [0.2, 0.25) is 0 Å². The Morgan fingerprint density at radius 1 is 0.846 bits per heavy atom. The van der Waals surface area contributed by atoms with Crippen LogP contribution in [-0.2, 0) is 23.6 Å². The summed E-state index contributed by atoms with van der Waals surface area (Å²) in [6.07, 6.45) is -0.690. The van der Waals surface area contributed by atoms with Gasteiger partial charge in [-0.25, -0.2) is 8.42 Å². The Balaban J connectivity index is 2.06. The van der Waals surface area contributed by atoms with Crippen molar-refractivity contribution in [3.63, 3.8) is 0 Å². The van der Waals surface area contributed by atoms with E-state index in [1.165, 1.54) is 18.2 Å². The van der Waals surface area contributed by atoms with Crippen LogP contribution in [0.1, 0.15) is 29.8 Å². The summed E-state index contributed by atoms with van der Waals surface area (Å²) in [6.45, 7) is 3.28. The van der Waals surface area contributed by atoms with E-state index in [0.29, 0.717) is 16.3 Å². The first kappa shape index (κ1) is 29.3. The van der Waals surface area contributed by atoms with Gasteiger partial charge in [0.1, 0.15) is 6.29 Å². The summed E-state index contributed by atoms with van der Waals surface area (Å²) >= 11 is 12.3. The average Bonchev–Trinajstić information content (AvgIpc) is 2.91. The molecule has 4 rings (SSSR count). The lowest BCUT2D eigenvalue weighted by molar-refractivity contribution is 0.103. The first-order chi connectivity index (χ1) is 18.6. The molecular formula is C28H26Cl2NO6PS. The molecule has 0 atom stereocenters.